The Morgan fingerprint density at radius 1 is 1.06 bits per heavy atom. The van der Waals surface area contributed by atoms with Gasteiger partial charge in [0.25, 0.3) is 0 Å². The number of hydrogen-bond acceptors (Lipinski definition) is 3. The molecule has 0 amide bonds. The molecule has 0 radical (unpaired) electrons. The first kappa shape index (κ1) is 12.1. The summed E-state index contributed by atoms with van der Waals surface area (Å²) in [5.74, 6) is 0. The van der Waals surface area contributed by atoms with Crippen molar-refractivity contribution in [1.82, 2.24) is 4.98 Å². The molecule has 1 aromatic carbocycles. The molecule has 88 valence electrons. The molecular formula is C14H16N2S. The second-order valence-corrected chi connectivity index (χ2v) is 5.18. The minimum Gasteiger partial charge on any atom is -0.325 e. The van der Waals surface area contributed by atoms with Crippen molar-refractivity contribution in [2.45, 2.75) is 30.2 Å². The van der Waals surface area contributed by atoms with Gasteiger partial charge in [-0.05, 0) is 49.2 Å². The van der Waals surface area contributed by atoms with E-state index in [-0.39, 0.29) is 0 Å². The number of hydrogen-bond donors (Lipinski definition) is 1. The summed E-state index contributed by atoms with van der Waals surface area (Å²) < 4.78 is 0. The zero-order valence-corrected chi connectivity index (χ0v) is 10.9. The van der Waals surface area contributed by atoms with E-state index >= 15 is 0 Å². The van der Waals surface area contributed by atoms with Gasteiger partial charge in [0.05, 0.1) is 5.69 Å². The van der Waals surface area contributed by atoms with Crippen LogP contribution in [0.5, 0.6) is 0 Å². The number of nitrogens with zero attached hydrogens (tertiary/aromatic N) is 1. The van der Waals surface area contributed by atoms with Crippen molar-refractivity contribution in [3.05, 3.63) is 53.3 Å². The van der Waals surface area contributed by atoms with Crippen LogP contribution in [-0.2, 0) is 6.54 Å². The lowest BCUT2D eigenvalue weighted by Gasteiger charge is -2.05. The molecule has 17 heavy (non-hydrogen) atoms. The first-order chi connectivity index (χ1) is 8.19. The van der Waals surface area contributed by atoms with Crippen molar-refractivity contribution in [2.24, 2.45) is 5.73 Å². The second-order valence-electron chi connectivity index (χ2n) is 4.04. The predicted molar refractivity (Wildman–Crippen MR) is 72.2 cm³/mol. The molecule has 0 fully saturated rings. The molecule has 0 spiro atoms. The fraction of sp³-hybridized carbons (Fsp3) is 0.214. The Hall–Kier alpha value is -1.32. The van der Waals surface area contributed by atoms with Crippen LogP contribution in [0.1, 0.15) is 16.8 Å². The SMILES string of the molecule is Cc1ccc(Sc2ccc(CN)nc2)cc1C. The van der Waals surface area contributed by atoms with Gasteiger partial charge < -0.3 is 5.73 Å². The number of rotatable bonds is 3. The van der Waals surface area contributed by atoms with Crippen molar-refractivity contribution in [3.8, 4) is 0 Å². The molecule has 0 unspecified atom stereocenters. The standard InChI is InChI=1S/C14H16N2S/c1-10-3-5-13(7-11(10)2)17-14-6-4-12(8-15)16-9-14/h3-7,9H,8,15H2,1-2H3. The lowest BCUT2D eigenvalue weighted by molar-refractivity contribution is 0.977. The average Bonchev–Trinajstić information content (AvgIpc) is 2.35. The Balaban J connectivity index is 2.16. The van der Waals surface area contributed by atoms with Gasteiger partial charge in [0.2, 0.25) is 0 Å². The number of nitrogens with two attached hydrogens (primary N) is 1. The summed E-state index contributed by atoms with van der Waals surface area (Å²) in [6, 6.07) is 10.5. The molecule has 1 heterocycles. The summed E-state index contributed by atoms with van der Waals surface area (Å²) in [7, 11) is 0. The van der Waals surface area contributed by atoms with E-state index in [2.05, 4.69) is 43.1 Å². The van der Waals surface area contributed by atoms with Crippen molar-refractivity contribution in [2.75, 3.05) is 0 Å². The quantitative estimate of drug-likeness (QED) is 0.900. The van der Waals surface area contributed by atoms with Crippen LogP contribution in [0, 0.1) is 13.8 Å². The predicted octanol–water partition coefficient (Wildman–Crippen LogP) is 3.31. The minimum atomic E-state index is 0.495. The van der Waals surface area contributed by atoms with Crippen LogP contribution in [0.2, 0.25) is 0 Å². The molecule has 0 atom stereocenters. The third-order valence-corrected chi connectivity index (χ3v) is 3.69. The van der Waals surface area contributed by atoms with Gasteiger partial charge in [-0.3, -0.25) is 4.98 Å². The fourth-order valence-corrected chi connectivity index (χ4v) is 2.39. The topological polar surface area (TPSA) is 38.9 Å². The smallest absolute Gasteiger partial charge is 0.0540 e. The van der Waals surface area contributed by atoms with Gasteiger partial charge in [0, 0.05) is 22.5 Å². The van der Waals surface area contributed by atoms with Gasteiger partial charge in [-0.15, -0.1) is 0 Å². The first-order valence-electron chi connectivity index (χ1n) is 5.59. The van der Waals surface area contributed by atoms with Crippen LogP contribution in [0.3, 0.4) is 0 Å². The molecule has 0 aliphatic carbocycles. The Kier molecular flexibility index (Phi) is 3.82. The number of benzene rings is 1. The van der Waals surface area contributed by atoms with E-state index < -0.39 is 0 Å². The third-order valence-electron chi connectivity index (χ3n) is 2.72. The van der Waals surface area contributed by atoms with Gasteiger partial charge >= 0.3 is 0 Å². The first-order valence-corrected chi connectivity index (χ1v) is 6.41. The highest BCUT2D eigenvalue weighted by Gasteiger charge is 2.00. The lowest BCUT2D eigenvalue weighted by Crippen LogP contribution is -1.98. The van der Waals surface area contributed by atoms with Gasteiger partial charge in [-0.25, -0.2) is 0 Å². The molecule has 0 aliphatic rings. The van der Waals surface area contributed by atoms with Crippen LogP contribution in [0.4, 0.5) is 0 Å². The zero-order valence-electron chi connectivity index (χ0n) is 10.1. The molecule has 2 rings (SSSR count). The summed E-state index contributed by atoms with van der Waals surface area (Å²) >= 11 is 1.73. The molecule has 2 nitrogen and oxygen atoms in total. The molecule has 0 aliphatic heterocycles. The van der Waals surface area contributed by atoms with E-state index in [0.29, 0.717) is 6.54 Å². The zero-order chi connectivity index (χ0) is 12.3. The largest absolute Gasteiger partial charge is 0.325 e. The van der Waals surface area contributed by atoms with E-state index in [1.807, 2.05) is 12.3 Å². The maximum Gasteiger partial charge on any atom is 0.0540 e. The van der Waals surface area contributed by atoms with E-state index in [0.717, 1.165) is 10.6 Å². The molecule has 0 saturated carbocycles. The third kappa shape index (κ3) is 3.08. The van der Waals surface area contributed by atoms with Crippen LogP contribution >= 0.6 is 11.8 Å². The summed E-state index contributed by atoms with van der Waals surface area (Å²) in [5.41, 5.74) is 9.09. The molecule has 2 aromatic rings. The van der Waals surface area contributed by atoms with E-state index in [9.17, 15) is 0 Å². The molecule has 2 N–H and O–H groups in total. The summed E-state index contributed by atoms with van der Waals surface area (Å²) in [6.07, 6.45) is 1.88. The monoisotopic (exact) mass is 244 g/mol. The Labute approximate surface area is 106 Å². The van der Waals surface area contributed by atoms with E-state index in [4.69, 9.17) is 5.73 Å². The lowest BCUT2D eigenvalue weighted by atomic mass is 10.1. The van der Waals surface area contributed by atoms with Crippen molar-refractivity contribution >= 4 is 11.8 Å². The Morgan fingerprint density at radius 2 is 1.82 bits per heavy atom. The van der Waals surface area contributed by atoms with Crippen LogP contribution in [0.25, 0.3) is 0 Å². The van der Waals surface area contributed by atoms with Gasteiger partial charge in [-0.2, -0.15) is 0 Å². The Morgan fingerprint density at radius 3 is 2.41 bits per heavy atom. The maximum atomic E-state index is 5.52. The highest BCUT2D eigenvalue weighted by Crippen LogP contribution is 2.28. The Bertz CT molecular complexity index is 506. The second kappa shape index (κ2) is 5.34. The molecule has 0 bridgehead atoms. The van der Waals surface area contributed by atoms with E-state index in [1.165, 1.54) is 16.0 Å². The van der Waals surface area contributed by atoms with Crippen molar-refractivity contribution in [1.29, 1.82) is 0 Å². The van der Waals surface area contributed by atoms with E-state index in [1.54, 1.807) is 11.8 Å². The molecule has 3 heteroatoms. The number of aromatic nitrogens is 1. The average molecular weight is 244 g/mol. The van der Waals surface area contributed by atoms with Gasteiger partial charge in [-0.1, -0.05) is 17.8 Å². The maximum absolute atomic E-state index is 5.52. The summed E-state index contributed by atoms with van der Waals surface area (Å²) in [4.78, 5) is 6.68. The van der Waals surface area contributed by atoms with Crippen LogP contribution < -0.4 is 5.73 Å². The summed E-state index contributed by atoms with van der Waals surface area (Å²) in [5, 5.41) is 0. The molecule has 0 saturated heterocycles. The van der Waals surface area contributed by atoms with Crippen LogP contribution in [0.15, 0.2) is 46.3 Å². The summed E-state index contributed by atoms with van der Waals surface area (Å²) in [6.45, 7) is 4.76. The highest BCUT2D eigenvalue weighted by atomic mass is 32.2. The van der Waals surface area contributed by atoms with Crippen molar-refractivity contribution in [3.63, 3.8) is 0 Å². The van der Waals surface area contributed by atoms with Gasteiger partial charge in [0.1, 0.15) is 0 Å². The van der Waals surface area contributed by atoms with Gasteiger partial charge in [0.15, 0.2) is 0 Å². The number of aryl methyl sites for hydroxylation is 2. The van der Waals surface area contributed by atoms with Crippen LogP contribution in [-0.4, -0.2) is 4.98 Å². The molecular weight excluding hydrogens is 228 g/mol. The fourth-order valence-electron chi connectivity index (χ4n) is 1.51. The van der Waals surface area contributed by atoms with Crippen molar-refractivity contribution < 1.29 is 0 Å². The normalized spacial score (nSPS) is 10.5. The highest BCUT2D eigenvalue weighted by molar-refractivity contribution is 7.99. The molecule has 1 aromatic heterocycles. The minimum absolute atomic E-state index is 0.495. The number of pyridine rings is 1.